The minimum Gasteiger partial charge on any atom is -0.356 e. The van der Waals surface area contributed by atoms with Gasteiger partial charge in [0.15, 0.2) is 5.96 Å². The number of hydrogen-bond donors (Lipinski definition) is 2. The Labute approximate surface area is 173 Å². The van der Waals surface area contributed by atoms with Crippen LogP contribution in [0.25, 0.3) is 0 Å². The molecular weight excluding hydrogens is 370 g/mol. The molecule has 0 saturated carbocycles. The van der Waals surface area contributed by atoms with Gasteiger partial charge in [-0.2, -0.15) is 0 Å². The molecule has 1 atom stereocenters. The standard InChI is InChI=1S/C22H30ClN5/c1-24-22(25-12-9-19-7-8-21(23)26-15-19)27-16-20-11-14-28(17-20)13-10-18-5-3-2-4-6-18/h2-8,15,20H,9-14,16-17H2,1H3,(H2,24,25,27). The molecule has 0 radical (unpaired) electrons. The molecule has 1 saturated heterocycles. The number of likely N-dealkylation sites (tertiary alicyclic amines) is 1. The van der Waals surface area contributed by atoms with Crippen molar-refractivity contribution in [1.29, 1.82) is 0 Å². The molecule has 5 nitrogen and oxygen atoms in total. The number of hydrogen-bond acceptors (Lipinski definition) is 3. The summed E-state index contributed by atoms with van der Waals surface area (Å²) in [6.45, 7) is 5.27. The monoisotopic (exact) mass is 399 g/mol. The number of nitrogens with zero attached hydrogens (tertiary/aromatic N) is 3. The van der Waals surface area contributed by atoms with Crippen LogP contribution in [0.5, 0.6) is 0 Å². The first-order valence-electron chi connectivity index (χ1n) is 10.0. The molecule has 0 amide bonds. The van der Waals surface area contributed by atoms with Crippen LogP contribution in [0.15, 0.2) is 53.7 Å². The van der Waals surface area contributed by atoms with Crippen LogP contribution in [0.2, 0.25) is 5.15 Å². The smallest absolute Gasteiger partial charge is 0.190 e. The largest absolute Gasteiger partial charge is 0.356 e. The third kappa shape index (κ3) is 6.80. The second-order valence-electron chi connectivity index (χ2n) is 7.31. The first kappa shape index (κ1) is 20.6. The molecule has 1 aromatic carbocycles. The van der Waals surface area contributed by atoms with Crippen LogP contribution in [0.4, 0.5) is 0 Å². The highest BCUT2D eigenvalue weighted by Crippen LogP contribution is 2.16. The molecule has 0 spiro atoms. The van der Waals surface area contributed by atoms with Gasteiger partial charge >= 0.3 is 0 Å². The van der Waals surface area contributed by atoms with Crippen molar-refractivity contribution in [3.8, 4) is 0 Å². The van der Waals surface area contributed by atoms with Crippen molar-refractivity contribution in [2.75, 3.05) is 39.8 Å². The first-order valence-corrected chi connectivity index (χ1v) is 10.4. The number of aromatic nitrogens is 1. The Morgan fingerprint density at radius 1 is 1.14 bits per heavy atom. The van der Waals surface area contributed by atoms with Crippen molar-refractivity contribution in [3.05, 3.63) is 64.9 Å². The molecule has 150 valence electrons. The maximum Gasteiger partial charge on any atom is 0.190 e. The Morgan fingerprint density at radius 2 is 2.00 bits per heavy atom. The topological polar surface area (TPSA) is 52.6 Å². The van der Waals surface area contributed by atoms with Crippen molar-refractivity contribution < 1.29 is 0 Å². The van der Waals surface area contributed by atoms with Gasteiger partial charge < -0.3 is 15.5 Å². The molecule has 1 aromatic heterocycles. The summed E-state index contributed by atoms with van der Waals surface area (Å²) in [7, 11) is 1.82. The molecule has 28 heavy (non-hydrogen) atoms. The Morgan fingerprint density at radius 3 is 2.75 bits per heavy atom. The van der Waals surface area contributed by atoms with Crippen molar-refractivity contribution in [2.45, 2.75) is 19.3 Å². The summed E-state index contributed by atoms with van der Waals surface area (Å²) in [6, 6.07) is 14.6. The van der Waals surface area contributed by atoms with E-state index in [0.717, 1.165) is 50.5 Å². The van der Waals surface area contributed by atoms with E-state index in [1.807, 2.05) is 25.4 Å². The minimum absolute atomic E-state index is 0.531. The van der Waals surface area contributed by atoms with Gasteiger partial charge in [0.2, 0.25) is 0 Å². The molecule has 1 fully saturated rings. The highest BCUT2D eigenvalue weighted by atomic mass is 35.5. The van der Waals surface area contributed by atoms with Gasteiger partial charge in [-0.15, -0.1) is 0 Å². The molecule has 0 aliphatic carbocycles. The number of benzene rings is 1. The van der Waals surface area contributed by atoms with Crippen LogP contribution < -0.4 is 10.6 Å². The molecule has 2 aromatic rings. The molecule has 3 rings (SSSR count). The average molecular weight is 400 g/mol. The Bertz CT molecular complexity index is 732. The number of halogens is 1. The van der Waals surface area contributed by atoms with Gasteiger partial charge in [0.05, 0.1) is 0 Å². The molecule has 1 aliphatic rings. The third-order valence-electron chi connectivity index (χ3n) is 5.21. The van der Waals surface area contributed by atoms with Crippen LogP contribution in [0.3, 0.4) is 0 Å². The molecular formula is C22H30ClN5. The van der Waals surface area contributed by atoms with E-state index in [9.17, 15) is 0 Å². The number of rotatable bonds is 8. The summed E-state index contributed by atoms with van der Waals surface area (Å²) in [5.74, 6) is 1.54. The van der Waals surface area contributed by atoms with Crippen molar-refractivity contribution in [1.82, 2.24) is 20.5 Å². The molecule has 2 N–H and O–H groups in total. The lowest BCUT2D eigenvalue weighted by Gasteiger charge is -2.17. The van der Waals surface area contributed by atoms with Crippen molar-refractivity contribution in [3.63, 3.8) is 0 Å². The number of guanidine groups is 1. The summed E-state index contributed by atoms with van der Waals surface area (Å²) in [4.78, 5) is 11.0. The van der Waals surface area contributed by atoms with Gasteiger partial charge in [-0.05, 0) is 48.9 Å². The Balaban J connectivity index is 1.32. The maximum atomic E-state index is 5.82. The van der Waals surface area contributed by atoms with E-state index in [4.69, 9.17) is 11.6 Å². The fourth-order valence-electron chi connectivity index (χ4n) is 3.56. The summed E-state index contributed by atoms with van der Waals surface area (Å²) < 4.78 is 0. The zero-order valence-electron chi connectivity index (χ0n) is 16.6. The van der Waals surface area contributed by atoms with E-state index < -0.39 is 0 Å². The highest BCUT2D eigenvalue weighted by molar-refractivity contribution is 6.29. The molecule has 2 heterocycles. The fourth-order valence-corrected chi connectivity index (χ4v) is 3.67. The van der Waals surface area contributed by atoms with E-state index in [1.165, 1.54) is 18.5 Å². The first-order chi connectivity index (χ1) is 13.7. The van der Waals surface area contributed by atoms with Gasteiger partial charge in [-0.25, -0.2) is 4.98 Å². The van der Waals surface area contributed by atoms with Crippen molar-refractivity contribution in [2.24, 2.45) is 10.9 Å². The van der Waals surface area contributed by atoms with E-state index in [2.05, 4.69) is 55.8 Å². The predicted molar refractivity (Wildman–Crippen MR) is 117 cm³/mol. The summed E-state index contributed by atoms with van der Waals surface area (Å²) in [5, 5.41) is 7.39. The van der Waals surface area contributed by atoms with Gasteiger partial charge in [-0.3, -0.25) is 4.99 Å². The predicted octanol–water partition coefficient (Wildman–Crippen LogP) is 3.01. The quantitative estimate of drug-likeness (QED) is 0.407. The van der Waals surface area contributed by atoms with E-state index in [-0.39, 0.29) is 0 Å². The number of nitrogens with one attached hydrogen (secondary N) is 2. The Kier molecular flexibility index (Phi) is 8.12. The normalized spacial score (nSPS) is 17.6. The Hall–Kier alpha value is -2.11. The minimum atomic E-state index is 0.531. The van der Waals surface area contributed by atoms with Crippen LogP contribution in [-0.4, -0.2) is 55.6 Å². The average Bonchev–Trinajstić information content (AvgIpc) is 3.19. The van der Waals surface area contributed by atoms with Crippen molar-refractivity contribution >= 4 is 17.6 Å². The second-order valence-corrected chi connectivity index (χ2v) is 7.70. The van der Waals surface area contributed by atoms with Crippen LogP contribution >= 0.6 is 11.6 Å². The van der Waals surface area contributed by atoms with Crippen LogP contribution in [0.1, 0.15) is 17.5 Å². The fraction of sp³-hybridized carbons (Fsp3) is 0.455. The summed E-state index contributed by atoms with van der Waals surface area (Å²) in [5.41, 5.74) is 2.58. The zero-order valence-corrected chi connectivity index (χ0v) is 17.3. The lowest BCUT2D eigenvalue weighted by Crippen LogP contribution is -2.41. The maximum absolute atomic E-state index is 5.82. The van der Waals surface area contributed by atoms with Crippen LogP contribution in [0, 0.1) is 5.92 Å². The van der Waals surface area contributed by atoms with Gasteiger partial charge in [-0.1, -0.05) is 48.0 Å². The van der Waals surface area contributed by atoms with Gasteiger partial charge in [0.1, 0.15) is 5.15 Å². The molecule has 0 bridgehead atoms. The zero-order chi connectivity index (χ0) is 19.6. The van der Waals surface area contributed by atoms with E-state index in [0.29, 0.717) is 11.1 Å². The SMILES string of the molecule is CN=C(NCCc1ccc(Cl)nc1)NCC1CCN(CCc2ccccc2)C1. The van der Waals surface area contributed by atoms with Gasteiger partial charge in [0.25, 0.3) is 0 Å². The molecule has 1 aliphatic heterocycles. The van der Waals surface area contributed by atoms with Crippen LogP contribution in [-0.2, 0) is 12.8 Å². The molecule has 6 heteroatoms. The lowest BCUT2D eigenvalue weighted by molar-refractivity contribution is 0.328. The number of aliphatic imine (C=N–C) groups is 1. The molecule has 1 unspecified atom stereocenters. The number of pyridine rings is 1. The third-order valence-corrected chi connectivity index (χ3v) is 5.43. The summed E-state index contributed by atoms with van der Waals surface area (Å²) >= 11 is 5.82. The van der Waals surface area contributed by atoms with E-state index in [1.54, 1.807) is 0 Å². The summed E-state index contributed by atoms with van der Waals surface area (Å²) in [6.07, 6.45) is 5.09. The second kappa shape index (κ2) is 11.0. The van der Waals surface area contributed by atoms with E-state index >= 15 is 0 Å². The highest BCUT2D eigenvalue weighted by Gasteiger charge is 2.22. The van der Waals surface area contributed by atoms with Gasteiger partial charge in [0, 0.05) is 39.4 Å². The lowest BCUT2D eigenvalue weighted by atomic mass is 10.1.